The van der Waals surface area contributed by atoms with Gasteiger partial charge in [0.2, 0.25) is 0 Å². The number of methoxy groups -OCH3 is 1. The summed E-state index contributed by atoms with van der Waals surface area (Å²) in [5, 5.41) is 11.9. The van der Waals surface area contributed by atoms with Crippen LogP contribution in [0.3, 0.4) is 0 Å². The first-order chi connectivity index (χ1) is 6.61. The summed E-state index contributed by atoms with van der Waals surface area (Å²) in [5.41, 5.74) is 3.63. The van der Waals surface area contributed by atoms with E-state index < -0.39 is 0 Å². The lowest BCUT2D eigenvalue weighted by Crippen LogP contribution is -2.01. The van der Waals surface area contributed by atoms with Gasteiger partial charge in [-0.1, -0.05) is 11.2 Å². The summed E-state index contributed by atoms with van der Waals surface area (Å²) in [4.78, 5) is 0. The van der Waals surface area contributed by atoms with Crippen LogP contribution in [0.4, 0.5) is 0 Å². The Balaban J connectivity index is 3.38. The van der Waals surface area contributed by atoms with Crippen LogP contribution in [-0.2, 0) is 0 Å². The van der Waals surface area contributed by atoms with E-state index in [1.807, 2.05) is 26.0 Å². The lowest BCUT2D eigenvalue weighted by Gasteiger charge is -2.12. The molecule has 1 aromatic carbocycles. The third-order valence-corrected chi connectivity index (χ3v) is 2.42. The smallest absolute Gasteiger partial charge is 0.131 e. The second kappa shape index (κ2) is 4.13. The van der Waals surface area contributed by atoms with Crippen molar-refractivity contribution in [3.05, 3.63) is 28.8 Å². The fourth-order valence-electron chi connectivity index (χ4n) is 1.39. The molecule has 0 aliphatic heterocycles. The standard InChI is InChI=1S/C11H15NO2/c1-7-5-6-10(9(3)12-13)11(14-4)8(7)2/h5-6,13H,1-4H3/b12-9+. The van der Waals surface area contributed by atoms with E-state index >= 15 is 0 Å². The van der Waals surface area contributed by atoms with E-state index in [0.29, 0.717) is 5.71 Å². The Bertz CT molecular complexity index is 370. The summed E-state index contributed by atoms with van der Waals surface area (Å²) in [6.45, 7) is 5.75. The van der Waals surface area contributed by atoms with Crippen LogP contribution in [0.1, 0.15) is 23.6 Å². The molecule has 1 N–H and O–H groups in total. The van der Waals surface area contributed by atoms with Gasteiger partial charge in [-0.05, 0) is 38.0 Å². The maximum Gasteiger partial charge on any atom is 0.131 e. The molecule has 14 heavy (non-hydrogen) atoms. The summed E-state index contributed by atoms with van der Waals surface area (Å²) in [7, 11) is 1.62. The van der Waals surface area contributed by atoms with E-state index in [1.165, 1.54) is 0 Å². The van der Waals surface area contributed by atoms with Gasteiger partial charge in [-0.3, -0.25) is 0 Å². The van der Waals surface area contributed by atoms with Crippen molar-refractivity contribution in [3.8, 4) is 5.75 Å². The number of hydrogen-bond acceptors (Lipinski definition) is 3. The van der Waals surface area contributed by atoms with Gasteiger partial charge in [0.15, 0.2) is 0 Å². The lowest BCUT2D eigenvalue weighted by molar-refractivity contribution is 0.318. The molecule has 0 aromatic heterocycles. The largest absolute Gasteiger partial charge is 0.496 e. The first kappa shape index (κ1) is 10.6. The normalized spacial score (nSPS) is 11.6. The molecule has 1 aromatic rings. The van der Waals surface area contributed by atoms with Gasteiger partial charge >= 0.3 is 0 Å². The Morgan fingerprint density at radius 1 is 1.36 bits per heavy atom. The molecule has 0 atom stereocenters. The number of aryl methyl sites for hydroxylation is 1. The molecular weight excluding hydrogens is 178 g/mol. The van der Waals surface area contributed by atoms with Crippen molar-refractivity contribution in [1.29, 1.82) is 0 Å². The SMILES string of the molecule is COc1c(/C(C)=N/O)ccc(C)c1C. The van der Waals surface area contributed by atoms with Gasteiger partial charge in [-0.2, -0.15) is 0 Å². The fourth-order valence-corrected chi connectivity index (χ4v) is 1.39. The molecule has 3 heteroatoms. The van der Waals surface area contributed by atoms with Crippen LogP contribution in [0.15, 0.2) is 17.3 Å². The number of benzene rings is 1. The van der Waals surface area contributed by atoms with Crippen molar-refractivity contribution in [2.75, 3.05) is 7.11 Å². The van der Waals surface area contributed by atoms with Gasteiger partial charge in [0.25, 0.3) is 0 Å². The monoisotopic (exact) mass is 193 g/mol. The molecular formula is C11H15NO2. The zero-order chi connectivity index (χ0) is 10.7. The van der Waals surface area contributed by atoms with Crippen LogP contribution in [0, 0.1) is 13.8 Å². The number of oxime groups is 1. The highest BCUT2D eigenvalue weighted by atomic mass is 16.5. The molecule has 0 fully saturated rings. The Morgan fingerprint density at radius 2 is 2.00 bits per heavy atom. The third-order valence-electron chi connectivity index (χ3n) is 2.42. The third kappa shape index (κ3) is 1.71. The quantitative estimate of drug-likeness (QED) is 0.445. The molecule has 0 aliphatic carbocycles. The molecule has 0 bridgehead atoms. The van der Waals surface area contributed by atoms with Crippen LogP contribution in [-0.4, -0.2) is 18.0 Å². The Morgan fingerprint density at radius 3 is 2.50 bits per heavy atom. The Hall–Kier alpha value is -1.51. The van der Waals surface area contributed by atoms with Crippen molar-refractivity contribution >= 4 is 5.71 Å². The maximum absolute atomic E-state index is 8.70. The molecule has 0 heterocycles. The highest BCUT2D eigenvalue weighted by Gasteiger charge is 2.10. The van der Waals surface area contributed by atoms with Crippen molar-refractivity contribution in [3.63, 3.8) is 0 Å². The minimum absolute atomic E-state index is 0.560. The first-order valence-electron chi connectivity index (χ1n) is 4.45. The molecule has 0 saturated carbocycles. The highest BCUT2D eigenvalue weighted by molar-refractivity contribution is 6.01. The number of ether oxygens (including phenoxy) is 1. The zero-order valence-corrected chi connectivity index (χ0v) is 8.96. The van der Waals surface area contributed by atoms with Crippen molar-refractivity contribution in [2.45, 2.75) is 20.8 Å². The average molecular weight is 193 g/mol. The minimum atomic E-state index is 0.560. The predicted octanol–water partition coefficient (Wildman–Crippen LogP) is 2.51. The van der Waals surface area contributed by atoms with Gasteiger partial charge in [-0.15, -0.1) is 0 Å². The van der Waals surface area contributed by atoms with Crippen LogP contribution < -0.4 is 4.74 Å². The molecule has 76 valence electrons. The van der Waals surface area contributed by atoms with Crippen LogP contribution in [0.2, 0.25) is 0 Å². The van der Waals surface area contributed by atoms with E-state index in [1.54, 1.807) is 14.0 Å². The van der Waals surface area contributed by atoms with E-state index in [0.717, 1.165) is 22.4 Å². The van der Waals surface area contributed by atoms with Crippen LogP contribution in [0.5, 0.6) is 5.75 Å². The van der Waals surface area contributed by atoms with E-state index in [2.05, 4.69) is 5.16 Å². The zero-order valence-electron chi connectivity index (χ0n) is 8.96. The fraction of sp³-hybridized carbons (Fsp3) is 0.364. The number of nitrogens with zero attached hydrogens (tertiary/aromatic N) is 1. The molecule has 0 aliphatic rings. The first-order valence-corrected chi connectivity index (χ1v) is 4.45. The maximum atomic E-state index is 8.70. The van der Waals surface area contributed by atoms with Gasteiger partial charge in [-0.25, -0.2) is 0 Å². The van der Waals surface area contributed by atoms with Gasteiger partial charge in [0.05, 0.1) is 12.8 Å². The number of rotatable bonds is 2. The Kier molecular flexibility index (Phi) is 3.12. The molecule has 3 nitrogen and oxygen atoms in total. The summed E-state index contributed by atoms with van der Waals surface area (Å²) < 4.78 is 5.29. The lowest BCUT2D eigenvalue weighted by atomic mass is 10.0. The van der Waals surface area contributed by atoms with Crippen molar-refractivity contribution in [1.82, 2.24) is 0 Å². The van der Waals surface area contributed by atoms with Crippen molar-refractivity contribution in [2.24, 2.45) is 5.16 Å². The minimum Gasteiger partial charge on any atom is -0.496 e. The summed E-state index contributed by atoms with van der Waals surface area (Å²) in [6, 6.07) is 3.89. The van der Waals surface area contributed by atoms with Crippen LogP contribution in [0.25, 0.3) is 0 Å². The molecule has 0 unspecified atom stereocenters. The predicted molar refractivity (Wildman–Crippen MR) is 56.5 cm³/mol. The summed E-state index contributed by atoms with van der Waals surface area (Å²) >= 11 is 0. The highest BCUT2D eigenvalue weighted by Crippen LogP contribution is 2.26. The van der Waals surface area contributed by atoms with E-state index in [9.17, 15) is 0 Å². The van der Waals surface area contributed by atoms with Gasteiger partial charge in [0, 0.05) is 5.56 Å². The average Bonchev–Trinajstić information content (AvgIpc) is 2.20. The number of hydrogen-bond donors (Lipinski definition) is 1. The second-order valence-electron chi connectivity index (χ2n) is 3.27. The second-order valence-corrected chi connectivity index (χ2v) is 3.27. The van der Waals surface area contributed by atoms with Gasteiger partial charge < -0.3 is 9.94 Å². The topological polar surface area (TPSA) is 41.8 Å². The van der Waals surface area contributed by atoms with Crippen LogP contribution >= 0.6 is 0 Å². The Labute approximate surface area is 84.0 Å². The molecule has 0 spiro atoms. The summed E-state index contributed by atoms with van der Waals surface area (Å²) in [6.07, 6.45) is 0. The molecule has 1 rings (SSSR count). The molecule has 0 amide bonds. The van der Waals surface area contributed by atoms with E-state index in [-0.39, 0.29) is 0 Å². The molecule has 0 saturated heterocycles. The van der Waals surface area contributed by atoms with Crippen molar-refractivity contribution < 1.29 is 9.94 Å². The molecule has 0 radical (unpaired) electrons. The summed E-state index contributed by atoms with van der Waals surface area (Å²) in [5.74, 6) is 0.778. The van der Waals surface area contributed by atoms with Gasteiger partial charge in [0.1, 0.15) is 5.75 Å². The van der Waals surface area contributed by atoms with E-state index in [4.69, 9.17) is 9.94 Å².